The molecular formula is C22H19N5O2. The highest BCUT2D eigenvalue weighted by molar-refractivity contribution is 6.02. The van der Waals surface area contributed by atoms with Crippen molar-refractivity contribution >= 4 is 11.6 Å². The third-order valence-electron chi connectivity index (χ3n) is 4.31. The maximum absolute atomic E-state index is 13.0. The average molecular weight is 385 g/mol. The lowest BCUT2D eigenvalue weighted by molar-refractivity contribution is 0.103. The number of aromatic nitrogens is 4. The van der Waals surface area contributed by atoms with E-state index in [0.717, 1.165) is 5.56 Å². The van der Waals surface area contributed by atoms with Gasteiger partial charge < -0.3 is 4.90 Å². The first-order valence-corrected chi connectivity index (χ1v) is 9.07. The van der Waals surface area contributed by atoms with Crippen molar-refractivity contribution in [1.82, 2.24) is 24.1 Å². The van der Waals surface area contributed by atoms with Gasteiger partial charge in [0.15, 0.2) is 0 Å². The van der Waals surface area contributed by atoms with Gasteiger partial charge in [-0.05, 0) is 12.1 Å². The standard InChI is InChI=1S/C22H19N5O2/c1-25(2)14-13-19(28)21-24-27(17-11-7-4-8-12-17)22-23-18(15-20(29)26(21)22)16-9-5-3-6-10-16/h3-15H,1-2H3. The van der Waals surface area contributed by atoms with Crippen LogP contribution in [0.15, 0.2) is 83.8 Å². The Bertz CT molecular complexity index is 1260. The van der Waals surface area contributed by atoms with Gasteiger partial charge in [-0.3, -0.25) is 9.59 Å². The van der Waals surface area contributed by atoms with Gasteiger partial charge in [0.25, 0.3) is 5.56 Å². The molecule has 0 unspecified atom stereocenters. The smallest absolute Gasteiger partial charge is 0.261 e. The Labute approximate surface area is 167 Å². The molecule has 4 aromatic rings. The van der Waals surface area contributed by atoms with Crippen LogP contribution in [0.25, 0.3) is 22.7 Å². The summed E-state index contributed by atoms with van der Waals surface area (Å²) >= 11 is 0. The summed E-state index contributed by atoms with van der Waals surface area (Å²) < 4.78 is 2.77. The van der Waals surface area contributed by atoms with Gasteiger partial charge in [0.1, 0.15) is 0 Å². The molecular weight excluding hydrogens is 366 g/mol. The quantitative estimate of drug-likeness (QED) is 0.390. The monoisotopic (exact) mass is 385 g/mol. The van der Waals surface area contributed by atoms with Crippen LogP contribution in [0.5, 0.6) is 0 Å². The second-order valence-electron chi connectivity index (χ2n) is 6.70. The molecule has 0 aliphatic carbocycles. The van der Waals surface area contributed by atoms with Crippen LogP contribution < -0.4 is 5.56 Å². The minimum atomic E-state index is -0.380. The molecule has 0 bridgehead atoms. The van der Waals surface area contributed by atoms with Crippen molar-refractivity contribution in [2.45, 2.75) is 0 Å². The summed E-state index contributed by atoms with van der Waals surface area (Å²) in [4.78, 5) is 32.1. The number of ketones is 1. The summed E-state index contributed by atoms with van der Waals surface area (Å²) in [6.45, 7) is 0. The number of hydrogen-bond donors (Lipinski definition) is 0. The number of carbonyl (C=O) groups excluding carboxylic acids is 1. The van der Waals surface area contributed by atoms with Gasteiger partial charge in [0.2, 0.25) is 17.4 Å². The Morgan fingerprint density at radius 3 is 2.31 bits per heavy atom. The maximum Gasteiger partial charge on any atom is 0.261 e. The van der Waals surface area contributed by atoms with E-state index in [9.17, 15) is 9.59 Å². The highest BCUT2D eigenvalue weighted by atomic mass is 16.1. The molecule has 4 rings (SSSR count). The fraction of sp³-hybridized carbons (Fsp3) is 0.0909. The van der Waals surface area contributed by atoms with Crippen LogP contribution in [0, 0.1) is 0 Å². The predicted molar refractivity (Wildman–Crippen MR) is 111 cm³/mol. The maximum atomic E-state index is 13.0. The summed E-state index contributed by atoms with van der Waals surface area (Å²) in [5.74, 6) is -0.0852. The lowest BCUT2D eigenvalue weighted by Gasteiger charge is -2.04. The lowest BCUT2D eigenvalue weighted by atomic mass is 10.1. The van der Waals surface area contributed by atoms with Crippen LogP contribution in [0.1, 0.15) is 10.6 Å². The average Bonchev–Trinajstić information content (AvgIpc) is 3.13. The van der Waals surface area contributed by atoms with E-state index in [1.807, 2.05) is 74.8 Å². The molecule has 0 saturated carbocycles. The molecule has 29 heavy (non-hydrogen) atoms. The first-order chi connectivity index (χ1) is 14.0. The third kappa shape index (κ3) is 3.58. The lowest BCUT2D eigenvalue weighted by Crippen LogP contribution is -2.18. The highest BCUT2D eigenvalue weighted by Crippen LogP contribution is 2.18. The van der Waals surface area contributed by atoms with E-state index in [1.165, 1.54) is 21.2 Å². The van der Waals surface area contributed by atoms with Crippen molar-refractivity contribution in [2.75, 3.05) is 14.1 Å². The minimum Gasteiger partial charge on any atom is -0.383 e. The fourth-order valence-electron chi connectivity index (χ4n) is 2.95. The van der Waals surface area contributed by atoms with Gasteiger partial charge in [-0.25, -0.2) is 9.38 Å². The molecule has 0 radical (unpaired) electrons. The van der Waals surface area contributed by atoms with Gasteiger partial charge in [-0.1, -0.05) is 48.5 Å². The molecule has 0 amide bonds. The van der Waals surface area contributed by atoms with Crippen molar-refractivity contribution in [3.63, 3.8) is 0 Å². The number of allylic oxidation sites excluding steroid dienone is 1. The van der Waals surface area contributed by atoms with Crippen molar-refractivity contribution in [2.24, 2.45) is 0 Å². The van der Waals surface area contributed by atoms with Crippen LogP contribution in [0.3, 0.4) is 0 Å². The Morgan fingerprint density at radius 1 is 1.00 bits per heavy atom. The first-order valence-electron chi connectivity index (χ1n) is 9.07. The molecule has 0 saturated heterocycles. The summed E-state index contributed by atoms with van der Waals surface area (Å²) in [6.07, 6.45) is 3.00. The zero-order valence-electron chi connectivity index (χ0n) is 16.1. The van der Waals surface area contributed by atoms with E-state index in [4.69, 9.17) is 0 Å². The van der Waals surface area contributed by atoms with Gasteiger partial charge in [0, 0.05) is 38.0 Å². The summed E-state index contributed by atoms with van der Waals surface area (Å²) in [7, 11) is 3.62. The molecule has 2 heterocycles. The fourth-order valence-corrected chi connectivity index (χ4v) is 2.95. The number of nitrogens with zero attached hydrogens (tertiary/aromatic N) is 5. The number of carbonyl (C=O) groups is 1. The van der Waals surface area contributed by atoms with Crippen LogP contribution in [0.2, 0.25) is 0 Å². The van der Waals surface area contributed by atoms with Gasteiger partial charge in [-0.15, -0.1) is 5.10 Å². The van der Waals surface area contributed by atoms with Gasteiger partial charge in [-0.2, -0.15) is 4.68 Å². The van der Waals surface area contributed by atoms with E-state index in [1.54, 1.807) is 11.1 Å². The topological polar surface area (TPSA) is 72.5 Å². The molecule has 0 fully saturated rings. The number of para-hydroxylation sites is 1. The highest BCUT2D eigenvalue weighted by Gasteiger charge is 2.20. The van der Waals surface area contributed by atoms with E-state index in [-0.39, 0.29) is 22.9 Å². The Balaban J connectivity index is 1.99. The van der Waals surface area contributed by atoms with Crippen LogP contribution in [0.4, 0.5) is 0 Å². The number of benzene rings is 2. The van der Waals surface area contributed by atoms with Crippen molar-refractivity contribution in [3.05, 3.63) is 95.2 Å². The SMILES string of the molecule is CN(C)C=CC(=O)c1nn(-c2ccccc2)c2nc(-c3ccccc3)cc(=O)n12. The molecule has 7 nitrogen and oxygen atoms in total. The molecule has 0 aliphatic heterocycles. The first kappa shape index (κ1) is 18.4. The summed E-state index contributed by atoms with van der Waals surface area (Å²) in [5, 5.41) is 4.43. The van der Waals surface area contributed by atoms with E-state index < -0.39 is 0 Å². The van der Waals surface area contributed by atoms with E-state index in [2.05, 4.69) is 10.1 Å². The Kier molecular flexibility index (Phi) is 4.78. The predicted octanol–water partition coefficient (Wildman–Crippen LogP) is 2.81. The molecule has 144 valence electrons. The molecule has 2 aromatic carbocycles. The molecule has 0 aliphatic rings. The molecule has 0 spiro atoms. The number of fused-ring (bicyclic) bond motifs is 1. The van der Waals surface area contributed by atoms with E-state index in [0.29, 0.717) is 11.4 Å². The van der Waals surface area contributed by atoms with Crippen LogP contribution >= 0.6 is 0 Å². The molecule has 0 atom stereocenters. The van der Waals surface area contributed by atoms with Crippen LogP contribution in [-0.2, 0) is 0 Å². The van der Waals surface area contributed by atoms with Crippen molar-refractivity contribution < 1.29 is 4.79 Å². The van der Waals surface area contributed by atoms with Crippen molar-refractivity contribution in [1.29, 1.82) is 0 Å². The second kappa shape index (κ2) is 7.55. The summed E-state index contributed by atoms with van der Waals surface area (Å²) in [6, 6.07) is 20.2. The zero-order chi connectivity index (χ0) is 20.4. The zero-order valence-corrected chi connectivity index (χ0v) is 16.1. The third-order valence-corrected chi connectivity index (χ3v) is 4.31. The Morgan fingerprint density at radius 2 is 1.66 bits per heavy atom. The van der Waals surface area contributed by atoms with E-state index >= 15 is 0 Å². The Hall–Kier alpha value is -4.00. The minimum absolute atomic E-state index is 0.0130. The normalized spacial score (nSPS) is 11.2. The second-order valence-corrected chi connectivity index (χ2v) is 6.70. The van der Waals surface area contributed by atoms with Crippen molar-refractivity contribution in [3.8, 4) is 16.9 Å². The number of rotatable bonds is 5. The van der Waals surface area contributed by atoms with Crippen LogP contribution in [-0.4, -0.2) is 43.9 Å². The molecule has 2 aromatic heterocycles. The molecule has 0 N–H and O–H groups in total. The number of hydrogen-bond acceptors (Lipinski definition) is 5. The summed E-state index contributed by atoms with van der Waals surface area (Å²) in [5.41, 5.74) is 1.68. The largest absolute Gasteiger partial charge is 0.383 e. The molecule has 7 heteroatoms. The van der Waals surface area contributed by atoms with Gasteiger partial charge in [0.05, 0.1) is 11.4 Å². The van der Waals surface area contributed by atoms with Gasteiger partial charge >= 0.3 is 0 Å².